The van der Waals surface area contributed by atoms with E-state index in [1.165, 1.54) is 11.3 Å². The zero-order valence-corrected chi connectivity index (χ0v) is 18.4. The van der Waals surface area contributed by atoms with Crippen molar-refractivity contribution < 1.29 is 14.3 Å². The highest BCUT2D eigenvalue weighted by molar-refractivity contribution is 7.09. The van der Waals surface area contributed by atoms with E-state index < -0.39 is 0 Å². The molecule has 2 aromatic carbocycles. The predicted octanol–water partition coefficient (Wildman–Crippen LogP) is 4.87. The summed E-state index contributed by atoms with van der Waals surface area (Å²) >= 11 is 7.27. The first-order chi connectivity index (χ1) is 15.1. The average molecular weight is 456 g/mol. The number of nitrogens with one attached hydrogen (secondary N) is 1. The number of piperidine rings is 1. The number of hydrogen-bond donors (Lipinski definition) is 1. The number of carbonyl (C=O) groups excluding carboxylic acids is 2. The number of likely N-dealkylation sites (tertiary alicyclic amines) is 1. The third kappa shape index (κ3) is 5.62. The molecule has 0 atom stereocenters. The second kappa shape index (κ2) is 9.94. The minimum atomic E-state index is -0.101. The van der Waals surface area contributed by atoms with E-state index >= 15 is 0 Å². The maximum absolute atomic E-state index is 12.8. The molecule has 0 radical (unpaired) electrons. The maximum atomic E-state index is 12.8. The van der Waals surface area contributed by atoms with Gasteiger partial charge in [-0.25, -0.2) is 4.98 Å². The van der Waals surface area contributed by atoms with Crippen molar-refractivity contribution in [2.24, 2.45) is 5.92 Å². The van der Waals surface area contributed by atoms with Crippen LogP contribution in [0.5, 0.6) is 5.75 Å². The smallest absolute Gasteiger partial charge is 0.273 e. The summed E-state index contributed by atoms with van der Waals surface area (Å²) in [4.78, 5) is 31.5. The first kappa shape index (κ1) is 21.3. The first-order valence-corrected chi connectivity index (χ1v) is 11.3. The summed E-state index contributed by atoms with van der Waals surface area (Å²) in [5.74, 6) is 0.510. The number of para-hydroxylation sites is 1. The van der Waals surface area contributed by atoms with Gasteiger partial charge in [-0.1, -0.05) is 29.8 Å². The van der Waals surface area contributed by atoms with E-state index in [9.17, 15) is 9.59 Å². The van der Waals surface area contributed by atoms with E-state index in [-0.39, 0.29) is 17.7 Å². The van der Waals surface area contributed by atoms with Crippen LogP contribution in [0.2, 0.25) is 5.02 Å². The van der Waals surface area contributed by atoms with E-state index in [4.69, 9.17) is 16.3 Å². The Bertz CT molecular complexity index is 1030. The number of halogens is 1. The molecule has 2 amide bonds. The summed E-state index contributed by atoms with van der Waals surface area (Å²) in [7, 11) is 0. The summed E-state index contributed by atoms with van der Waals surface area (Å²) in [5.41, 5.74) is 1.22. The molecule has 1 aliphatic rings. The van der Waals surface area contributed by atoms with Gasteiger partial charge in [-0.15, -0.1) is 11.3 Å². The molecule has 8 heteroatoms. The highest BCUT2D eigenvalue weighted by Crippen LogP contribution is 2.22. The van der Waals surface area contributed by atoms with Gasteiger partial charge in [0.2, 0.25) is 5.91 Å². The quantitative estimate of drug-likeness (QED) is 0.575. The van der Waals surface area contributed by atoms with Gasteiger partial charge in [0.15, 0.2) is 0 Å². The highest BCUT2D eigenvalue weighted by atomic mass is 35.5. The van der Waals surface area contributed by atoms with Crippen LogP contribution in [0, 0.1) is 5.92 Å². The minimum absolute atomic E-state index is 0.00796. The number of nitrogens with zero attached hydrogens (tertiary/aromatic N) is 2. The number of benzene rings is 2. The molecule has 0 spiro atoms. The lowest BCUT2D eigenvalue weighted by Gasteiger charge is -2.30. The lowest BCUT2D eigenvalue weighted by Crippen LogP contribution is -2.41. The Kier molecular flexibility index (Phi) is 6.84. The molecule has 4 rings (SSSR count). The molecule has 1 aromatic heterocycles. The number of anilines is 1. The normalized spacial score (nSPS) is 14.3. The van der Waals surface area contributed by atoms with Crippen LogP contribution in [0.15, 0.2) is 60.0 Å². The predicted molar refractivity (Wildman–Crippen MR) is 122 cm³/mol. The molecule has 1 saturated heterocycles. The lowest BCUT2D eigenvalue weighted by atomic mass is 9.95. The molecule has 0 bridgehead atoms. The second-order valence-electron chi connectivity index (χ2n) is 7.29. The van der Waals surface area contributed by atoms with Crippen LogP contribution < -0.4 is 10.1 Å². The maximum Gasteiger partial charge on any atom is 0.273 e. The minimum Gasteiger partial charge on any atom is -0.486 e. The van der Waals surface area contributed by atoms with Gasteiger partial charge in [0, 0.05) is 35.1 Å². The summed E-state index contributed by atoms with van der Waals surface area (Å²) < 4.78 is 5.69. The average Bonchev–Trinajstić information content (AvgIpc) is 3.28. The van der Waals surface area contributed by atoms with Crippen molar-refractivity contribution in [2.75, 3.05) is 18.4 Å². The van der Waals surface area contributed by atoms with Crippen LogP contribution in [0.4, 0.5) is 5.69 Å². The van der Waals surface area contributed by atoms with Gasteiger partial charge in [0.1, 0.15) is 23.1 Å². The fraction of sp³-hybridized carbons (Fsp3) is 0.261. The molecular weight excluding hydrogens is 434 g/mol. The van der Waals surface area contributed by atoms with Gasteiger partial charge in [0.05, 0.1) is 0 Å². The molecule has 6 nitrogen and oxygen atoms in total. The third-order valence-electron chi connectivity index (χ3n) is 5.14. The molecule has 1 fully saturated rings. The lowest BCUT2D eigenvalue weighted by molar-refractivity contribution is -0.121. The van der Waals surface area contributed by atoms with Gasteiger partial charge >= 0.3 is 0 Å². The van der Waals surface area contributed by atoms with Crippen molar-refractivity contribution in [1.82, 2.24) is 9.88 Å². The number of hydrogen-bond acceptors (Lipinski definition) is 5. The van der Waals surface area contributed by atoms with Gasteiger partial charge in [-0.2, -0.15) is 0 Å². The SMILES string of the molecule is O=C(Nc1ccccc1)C1CCN(C(=O)c2csc(COc3ccc(Cl)cc3)n2)CC1. The second-order valence-corrected chi connectivity index (χ2v) is 8.67. The van der Waals surface area contributed by atoms with E-state index in [1.807, 2.05) is 30.3 Å². The largest absolute Gasteiger partial charge is 0.486 e. The molecule has 1 aliphatic heterocycles. The Balaban J connectivity index is 1.27. The van der Waals surface area contributed by atoms with E-state index in [1.54, 1.807) is 34.5 Å². The zero-order valence-electron chi connectivity index (χ0n) is 16.8. The van der Waals surface area contributed by atoms with E-state index in [0.717, 1.165) is 10.7 Å². The summed E-state index contributed by atoms with van der Waals surface area (Å²) in [5, 5.41) is 6.09. The number of thiazole rings is 1. The van der Waals surface area contributed by atoms with Gasteiger partial charge in [-0.3, -0.25) is 9.59 Å². The van der Waals surface area contributed by atoms with Crippen LogP contribution in [0.25, 0.3) is 0 Å². The molecule has 31 heavy (non-hydrogen) atoms. The summed E-state index contributed by atoms with van der Waals surface area (Å²) in [6, 6.07) is 16.5. The third-order valence-corrected chi connectivity index (χ3v) is 6.22. The fourth-order valence-corrected chi connectivity index (χ4v) is 4.23. The van der Waals surface area contributed by atoms with E-state index in [0.29, 0.717) is 49.0 Å². The number of rotatable bonds is 6. The van der Waals surface area contributed by atoms with Crippen LogP contribution in [-0.4, -0.2) is 34.8 Å². The number of aromatic nitrogens is 1. The van der Waals surface area contributed by atoms with Gasteiger partial charge < -0.3 is 15.0 Å². The van der Waals surface area contributed by atoms with Crippen LogP contribution in [0.3, 0.4) is 0 Å². The van der Waals surface area contributed by atoms with Crippen LogP contribution >= 0.6 is 22.9 Å². The van der Waals surface area contributed by atoms with Crippen molar-refractivity contribution in [2.45, 2.75) is 19.4 Å². The van der Waals surface area contributed by atoms with E-state index in [2.05, 4.69) is 10.3 Å². The molecule has 0 saturated carbocycles. The molecular formula is C23H22ClN3O3S. The Labute approximate surface area is 189 Å². The van der Waals surface area contributed by atoms with Gasteiger partial charge in [0.25, 0.3) is 5.91 Å². The Hall–Kier alpha value is -2.90. The van der Waals surface area contributed by atoms with Crippen molar-refractivity contribution in [3.05, 3.63) is 75.7 Å². The van der Waals surface area contributed by atoms with Crippen LogP contribution in [0.1, 0.15) is 28.3 Å². The first-order valence-electron chi connectivity index (χ1n) is 10.1. The molecule has 0 unspecified atom stereocenters. The highest BCUT2D eigenvalue weighted by Gasteiger charge is 2.28. The van der Waals surface area contributed by atoms with Crippen molar-refractivity contribution in [3.8, 4) is 5.75 Å². The summed E-state index contributed by atoms with van der Waals surface area (Å²) in [6.45, 7) is 1.38. The monoisotopic (exact) mass is 455 g/mol. The van der Waals surface area contributed by atoms with Gasteiger partial charge in [-0.05, 0) is 49.2 Å². The number of ether oxygens (including phenoxy) is 1. The number of amides is 2. The molecule has 160 valence electrons. The standard InChI is InChI=1S/C23H22ClN3O3S/c24-17-6-8-19(9-7-17)30-14-21-26-20(15-31-21)23(29)27-12-10-16(11-13-27)22(28)25-18-4-2-1-3-5-18/h1-9,15-16H,10-14H2,(H,25,28). The summed E-state index contributed by atoms with van der Waals surface area (Å²) in [6.07, 6.45) is 1.28. The Morgan fingerprint density at radius 1 is 1.10 bits per heavy atom. The van der Waals surface area contributed by atoms with Crippen LogP contribution in [-0.2, 0) is 11.4 Å². The zero-order chi connectivity index (χ0) is 21.6. The molecule has 3 aromatic rings. The topological polar surface area (TPSA) is 71.5 Å². The van der Waals surface area contributed by atoms with Crippen molar-refractivity contribution in [3.63, 3.8) is 0 Å². The Morgan fingerprint density at radius 2 is 1.81 bits per heavy atom. The fourth-order valence-electron chi connectivity index (χ4n) is 3.42. The van der Waals surface area contributed by atoms with Crippen molar-refractivity contribution >= 4 is 40.4 Å². The number of carbonyl (C=O) groups is 2. The Morgan fingerprint density at radius 3 is 2.52 bits per heavy atom. The molecule has 1 N–H and O–H groups in total. The van der Waals surface area contributed by atoms with Crippen molar-refractivity contribution in [1.29, 1.82) is 0 Å². The molecule has 2 heterocycles. The molecule has 0 aliphatic carbocycles.